The minimum Gasteiger partial charge on any atom is -0.391 e. The van der Waals surface area contributed by atoms with Crippen LogP contribution in [0.25, 0.3) is 0 Å². The quantitative estimate of drug-likeness (QED) is 0.511. The van der Waals surface area contributed by atoms with E-state index in [-0.39, 0.29) is 17.9 Å². The van der Waals surface area contributed by atoms with Crippen LogP contribution in [0.5, 0.6) is 0 Å². The lowest BCUT2D eigenvalue weighted by atomic mass is 9.81. The van der Waals surface area contributed by atoms with Crippen molar-refractivity contribution in [2.24, 2.45) is 17.8 Å². The summed E-state index contributed by atoms with van der Waals surface area (Å²) in [6.45, 7) is 8.22. The molecule has 0 aliphatic heterocycles. The molecule has 3 N–H and O–H groups in total. The number of aryl methyl sites for hydroxylation is 1. The van der Waals surface area contributed by atoms with E-state index in [0.717, 1.165) is 12.1 Å². The van der Waals surface area contributed by atoms with E-state index in [0.29, 0.717) is 31.1 Å². The number of amides is 1. The molecule has 0 aromatic carbocycles. The fourth-order valence-electron chi connectivity index (χ4n) is 4.13. The van der Waals surface area contributed by atoms with Crippen LogP contribution in [-0.4, -0.2) is 33.1 Å². The molecule has 1 aromatic heterocycles. The smallest absolute Gasteiger partial charge is 0.220 e. The number of aliphatic hydroxyl groups excluding tert-OH is 1. The molecule has 0 radical (unpaired) electrons. The van der Waals surface area contributed by atoms with Crippen molar-refractivity contribution in [1.29, 1.82) is 0 Å². The first-order valence-corrected chi connectivity index (χ1v) is 10.6. The maximum atomic E-state index is 12.5. The molecule has 1 aromatic rings. The second-order valence-corrected chi connectivity index (χ2v) is 8.44. The van der Waals surface area contributed by atoms with Crippen LogP contribution in [0.1, 0.15) is 70.9 Å². The normalized spacial score (nSPS) is 18.8. The summed E-state index contributed by atoms with van der Waals surface area (Å²) in [5.74, 6) is 1.30. The fourth-order valence-corrected chi connectivity index (χ4v) is 4.13. The first kappa shape index (κ1) is 21.7. The average Bonchev–Trinajstić information content (AvgIpc) is 3.18. The lowest BCUT2D eigenvalue weighted by Crippen LogP contribution is -2.45. The Hall–Kier alpha value is -1.62. The third-order valence-corrected chi connectivity index (χ3v) is 5.97. The molecule has 0 saturated heterocycles. The Kier molecular flexibility index (Phi) is 9.05. The summed E-state index contributed by atoms with van der Waals surface area (Å²) < 4.78 is 0. The number of hydrogen-bond acceptors (Lipinski definition) is 3. The molecule has 0 spiro atoms. The SMILES string of the molecule is C=C[C@@H](C[C@H](O)[C@H](CC1CCCCC1)NC(=O)CCc1cnc[nH]1)C(C)C. The maximum absolute atomic E-state index is 12.5. The van der Waals surface area contributed by atoms with Crippen molar-refractivity contribution in [3.63, 3.8) is 0 Å². The Morgan fingerprint density at radius 3 is 2.74 bits per heavy atom. The Bertz CT molecular complexity index is 550. The van der Waals surface area contributed by atoms with Gasteiger partial charge in [0.2, 0.25) is 5.91 Å². The summed E-state index contributed by atoms with van der Waals surface area (Å²) >= 11 is 0. The van der Waals surface area contributed by atoms with E-state index >= 15 is 0 Å². The summed E-state index contributed by atoms with van der Waals surface area (Å²) in [6, 6.07) is -0.177. The van der Waals surface area contributed by atoms with Crippen LogP contribution in [0.2, 0.25) is 0 Å². The highest BCUT2D eigenvalue weighted by atomic mass is 16.3. The number of imidazole rings is 1. The van der Waals surface area contributed by atoms with Crippen LogP contribution in [-0.2, 0) is 11.2 Å². The van der Waals surface area contributed by atoms with Gasteiger partial charge in [-0.2, -0.15) is 0 Å². The van der Waals surface area contributed by atoms with E-state index in [1.807, 2.05) is 6.08 Å². The standard InChI is InChI=1S/C22H37N3O2/c1-4-18(16(2)3)13-21(26)20(12-17-8-6-5-7-9-17)25-22(27)11-10-19-14-23-15-24-19/h4,14-18,20-21,26H,1,5-13H2,2-3H3,(H,23,24)(H,25,27)/t18-,20-,21-/m0/s1. The molecule has 27 heavy (non-hydrogen) atoms. The summed E-state index contributed by atoms with van der Waals surface area (Å²) in [4.78, 5) is 19.5. The molecule has 0 unspecified atom stereocenters. The van der Waals surface area contributed by atoms with Gasteiger partial charge in [0, 0.05) is 18.3 Å². The van der Waals surface area contributed by atoms with Gasteiger partial charge < -0.3 is 15.4 Å². The molecule has 2 rings (SSSR count). The van der Waals surface area contributed by atoms with Gasteiger partial charge in [0.15, 0.2) is 0 Å². The second-order valence-electron chi connectivity index (χ2n) is 8.44. The minimum absolute atomic E-state index is 0.00385. The van der Waals surface area contributed by atoms with E-state index in [2.05, 4.69) is 35.7 Å². The topological polar surface area (TPSA) is 78.0 Å². The number of aromatic nitrogens is 2. The second kappa shape index (κ2) is 11.3. The highest BCUT2D eigenvalue weighted by molar-refractivity contribution is 5.76. The first-order chi connectivity index (χ1) is 13.0. The van der Waals surface area contributed by atoms with Crippen molar-refractivity contribution in [2.45, 2.75) is 83.8 Å². The molecule has 1 fully saturated rings. The van der Waals surface area contributed by atoms with Gasteiger partial charge in [-0.1, -0.05) is 52.0 Å². The van der Waals surface area contributed by atoms with E-state index in [4.69, 9.17) is 0 Å². The Balaban J connectivity index is 1.94. The van der Waals surface area contributed by atoms with E-state index in [1.54, 1.807) is 12.5 Å². The first-order valence-electron chi connectivity index (χ1n) is 10.6. The van der Waals surface area contributed by atoms with Gasteiger partial charge in [0.25, 0.3) is 0 Å². The predicted molar refractivity (Wildman–Crippen MR) is 109 cm³/mol. The van der Waals surface area contributed by atoms with Gasteiger partial charge >= 0.3 is 0 Å². The molecular weight excluding hydrogens is 338 g/mol. The number of carbonyl (C=O) groups excluding carboxylic acids is 1. The Morgan fingerprint density at radius 2 is 2.15 bits per heavy atom. The summed E-state index contributed by atoms with van der Waals surface area (Å²) in [5, 5.41) is 14.0. The molecular formula is C22H37N3O2. The van der Waals surface area contributed by atoms with E-state index in [9.17, 15) is 9.90 Å². The van der Waals surface area contributed by atoms with Crippen LogP contribution in [0.4, 0.5) is 0 Å². The van der Waals surface area contributed by atoms with Crippen LogP contribution < -0.4 is 5.32 Å². The molecule has 1 heterocycles. The van der Waals surface area contributed by atoms with Crippen molar-refractivity contribution >= 4 is 5.91 Å². The van der Waals surface area contributed by atoms with E-state index in [1.165, 1.54) is 32.1 Å². The van der Waals surface area contributed by atoms with Crippen LogP contribution in [0.3, 0.4) is 0 Å². The number of nitrogens with one attached hydrogen (secondary N) is 2. The number of carbonyl (C=O) groups is 1. The van der Waals surface area contributed by atoms with Gasteiger partial charge in [-0.3, -0.25) is 4.79 Å². The predicted octanol–water partition coefficient (Wildman–Crippen LogP) is 4.01. The van der Waals surface area contributed by atoms with Gasteiger partial charge in [0.1, 0.15) is 0 Å². The zero-order valence-electron chi connectivity index (χ0n) is 17.0. The molecule has 152 valence electrons. The van der Waals surface area contributed by atoms with Crippen molar-refractivity contribution in [2.75, 3.05) is 0 Å². The number of nitrogens with zero attached hydrogens (tertiary/aromatic N) is 1. The number of hydrogen-bond donors (Lipinski definition) is 3. The number of aromatic amines is 1. The molecule has 3 atom stereocenters. The number of allylic oxidation sites excluding steroid dienone is 1. The molecule has 5 heteroatoms. The molecule has 5 nitrogen and oxygen atoms in total. The third kappa shape index (κ3) is 7.49. The molecule has 0 bridgehead atoms. The highest BCUT2D eigenvalue weighted by Crippen LogP contribution is 2.29. The average molecular weight is 376 g/mol. The number of H-pyrrole nitrogens is 1. The lowest BCUT2D eigenvalue weighted by Gasteiger charge is -2.32. The van der Waals surface area contributed by atoms with Gasteiger partial charge in [0.05, 0.1) is 18.5 Å². The summed E-state index contributed by atoms with van der Waals surface area (Å²) in [5.41, 5.74) is 0.959. The van der Waals surface area contributed by atoms with Crippen molar-refractivity contribution in [1.82, 2.24) is 15.3 Å². The zero-order chi connectivity index (χ0) is 19.6. The minimum atomic E-state index is -0.534. The largest absolute Gasteiger partial charge is 0.391 e. The summed E-state index contributed by atoms with van der Waals surface area (Å²) in [6.07, 6.45) is 13.6. The Morgan fingerprint density at radius 1 is 1.41 bits per heavy atom. The van der Waals surface area contributed by atoms with E-state index < -0.39 is 6.10 Å². The maximum Gasteiger partial charge on any atom is 0.220 e. The molecule has 1 aliphatic carbocycles. The third-order valence-electron chi connectivity index (χ3n) is 5.97. The van der Waals surface area contributed by atoms with Crippen molar-refractivity contribution in [3.8, 4) is 0 Å². The van der Waals surface area contributed by atoms with Crippen molar-refractivity contribution in [3.05, 3.63) is 30.9 Å². The highest BCUT2D eigenvalue weighted by Gasteiger charge is 2.28. The van der Waals surface area contributed by atoms with Gasteiger partial charge in [-0.25, -0.2) is 4.98 Å². The van der Waals surface area contributed by atoms with Crippen LogP contribution in [0.15, 0.2) is 25.2 Å². The monoisotopic (exact) mass is 375 g/mol. The molecule has 1 saturated carbocycles. The Labute approximate surface area is 164 Å². The van der Waals surface area contributed by atoms with Gasteiger partial charge in [-0.05, 0) is 37.0 Å². The fraction of sp³-hybridized carbons (Fsp3) is 0.727. The number of aliphatic hydroxyl groups is 1. The molecule has 1 amide bonds. The van der Waals surface area contributed by atoms with Crippen molar-refractivity contribution < 1.29 is 9.90 Å². The summed E-state index contributed by atoms with van der Waals surface area (Å²) in [7, 11) is 0. The van der Waals surface area contributed by atoms with Crippen LogP contribution in [0, 0.1) is 17.8 Å². The zero-order valence-corrected chi connectivity index (χ0v) is 17.0. The van der Waals surface area contributed by atoms with Crippen LogP contribution >= 0.6 is 0 Å². The molecule has 1 aliphatic rings. The number of rotatable bonds is 11. The lowest BCUT2D eigenvalue weighted by molar-refractivity contribution is -0.123. The van der Waals surface area contributed by atoms with Gasteiger partial charge in [-0.15, -0.1) is 6.58 Å².